The Bertz CT molecular complexity index is 894. The molecule has 1 aromatic heterocycles. The summed E-state index contributed by atoms with van der Waals surface area (Å²) in [5.74, 6) is 0.810. The van der Waals surface area contributed by atoms with Crippen LogP contribution in [-0.4, -0.2) is 42.2 Å². The largest absolute Gasteiger partial charge is 0.369 e. The van der Waals surface area contributed by atoms with Crippen molar-refractivity contribution in [3.8, 4) is 0 Å². The van der Waals surface area contributed by atoms with Crippen LogP contribution in [0.25, 0.3) is 5.70 Å². The second-order valence-corrected chi connectivity index (χ2v) is 8.12. The van der Waals surface area contributed by atoms with Crippen molar-refractivity contribution in [2.24, 2.45) is 0 Å². The summed E-state index contributed by atoms with van der Waals surface area (Å²) in [6.45, 7) is 13.9. The molecule has 4 nitrogen and oxygen atoms in total. The molecule has 5 heteroatoms. The van der Waals surface area contributed by atoms with Crippen molar-refractivity contribution in [3.63, 3.8) is 0 Å². The molecule has 0 aliphatic carbocycles. The van der Waals surface area contributed by atoms with Crippen LogP contribution in [0.15, 0.2) is 37.0 Å². The lowest BCUT2D eigenvalue weighted by Gasteiger charge is -2.26. The fourth-order valence-electron chi connectivity index (χ4n) is 4.43. The highest BCUT2D eigenvalue weighted by Crippen LogP contribution is 2.31. The Morgan fingerprint density at radius 2 is 2.00 bits per heavy atom. The number of aromatic nitrogens is 1. The molecule has 1 unspecified atom stereocenters. The molecule has 2 aromatic rings. The van der Waals surface area contributed by atoms with Gasteiger partial charge in [-0.05, 0) is 62.9 Å². The van der Waals surface area contributed by atoms with Crippen molar-refractivity contribution in [3.05, 3.63) is 59.5 Å². The molecule has 3 heterocycles. The maximum Gasteiger partial charge on any atom is 0.134 e. The zero-order valence-electron chi connectivity index (χ0n) is 17.1. The van der Waals surface area contributed by atoms with E-state index in [1.807, 2.05) is 18.3 Å². The van der Waals surface area contributed by atoms with Crippen LogP contribution >= 0.6 is 0 Å². The molecule has 28 heavy (non-hydrogen) atoms. The van der Waals surface area contributed by atoms with E-state index in [1.165, 1.54) is 18.4 Å². The Morgan fingerprint density at radius 1 is 1.18 bits per heavy atom. The molecule has 0 N–H and O–H groups in total. The van der Waals surface area contributed by atoms with Crippen LogP contribution in [-0.2, 0) is 0 Å². The first-order chi connectivity index (χ1) is 13.4. The first kappa shape index (κ1) is 18.8. The van der Waals surface area contributed by atoms with Gasteiger partial charge in [0.25, 0.3) is 0 Å². The van der Waals surface area contributed by atoms with Crippen molar-refractivity contribution in [1.29, 1.82) is 0 Å². The van der Waals surface area contributed by atoms with E-state index in [1.54, 1.807) is 6.07 Å². The quantitative estimate of drug-likeness (QED) is 0.774. The minimum atomic E-state index is -0.190. The van der Waals surface area contributed by atoms with Gasteiger partial charge in [-0.3, -0.25) is 0 Å². The van der Waals surface area contributed by atoms with Gasteiger partial charge in [-0.25, -0.2) is 9.37 Å². The molecule has 2 aliphatic heterocycles. The number of aryl methyl sites for hydroxylation is 2. The number of pyridine rings is 1. The molecule has 148 valence electrons. The normalized spacial score (nSPS) is 19.6. The minimum Gasteiger partial charge on any atom is -0.369 e. The Labute approximate surface area is 167 Å². The summed E-state index contributed by atoms with van der Waals surface area (Å²) in [5, 5.41) is 0. The fraction of sp³-hybridized carbons (Fsp3) is 0.435. The standard InChI is InChI=1S/C23H29FN4/c1-16-12-17(2)23(25-14-16)27-11-10-26(15-27)19(4)21-8-7-20(13-22(21)24)28-9-5-6-18(28)3/h7-8,12-14,18H,4-6,9-11,15H2,1-3H3. The molecule has 0 spiro atoms. The smallest absolute Gasteiger partial charge is 0.134 e. The average molecular weight is 381 g/mol. The van der Waals surface area contributed by atoms with Crippen LogP contribution in [0.1, 0.15) is 36.5 Å². The molecule has 1 aromatic carbocycles. The van der Waals surface area contributed by atoms with Gasteiger partial charge < -0.3 is 14.7 Å². The molecule has 2 aliphatic rings. The monoisotopic (exact) mass is 380 g/mol. The lowest BCUT2D eigenvalue weighted by Crippen LogP contribution is -2.27. The molecule has 0 amide bonds. The van der Waals surface area contributed by atoms with Gasteiger partial charge in [0.1, 0.15) is 11.6 Å². The van der Waals surface area contributed by atoms with Gasteiger partial charge in [-0.1, -0.05) is 12.6 Å². The van der Waals surface area contributed by atoms with Gasteiger partial charge in [0, 0.05) is 48.8 Å². The van der Waals surface area contributed by atoms with Gasteiger partial charge in [0.15, 0.2) is 0 Å². The number of nitrogens with zero attached hydrogens (tertiary/aromatic N) is 4. The molecule has 2 fully saturated rings. The Hall–Kier alpha value is -2.56. The number of rotatable bonds is 4. The molecular formula is C23H29FN4. The van der Waals surface area contributed by atoms with Crippen LogP contribution in [0, 0.1) is 19.7 Å². The number of benzene rings is 1. The fourth-order valence-corrected chi connectivity index (χ4v) is 4.43. The van der Waals surface area contributed by atoms with E-state index in [2.05, 4.69) is 53.1 Å². The number of halogens is 1. The Morgan fingerprint density at radius 3 is 2.68 bits per heavy atom. The highest BCUT2D eigenvalue weighted by Gasteiger charge is 2.26. The predicted molar refractivity (Wildman–Crippen MR) is 114 cm³/mol. The van der Waals surface area contributed by atoms with Gasteiger partial charge in [0.2, 0.25) is 0 Å². The summed E-state index contributed by atoms with van der Waals surface area (Å²) >= 11 is 0. The predicted octanol–water partition coefficient (Wildman–Crippen LogP) is 4.58. The van der Waals surface area contributed by atoms with Crippen molar-refractivity contribution >= 4 is 17.2 Å². The van der Waals surface area contributed by atoms with Gasteiger partial charge in [-0.15, -0.1) is 0 Å². The number of hydrogen-bond donors (Lipinski definition) is 0. The van der Waals surface area contributed by atoms with E-state index in [0.717, 1.165) is 42.4 Å². The lowest BCUT2D eigenvalue weighted by atomic mass is 10.1. The van der Waals surface area contributed by atoms with E-state index in [9.17, 15) is 4.39 Å². The highest BCUT2D eigenvalue weighted by molar-refractivity contribution is 5.66. The topological polar surface area (TPSA) is 22.6 Å². The summed E-state index contributed by atoms with van der Waals surface area (Å²) in [6.07, 6.45) is 4.25. The SMILES string of the molecule is C=C(c1ccc(N2CCCC2C)cc1F)N1CCN(c2ncc(C)cc2C)C1. The first-order valence-corrected chi connectivity index (χ1v) is 10.1. The van der Waals surface area contributed by atoms with Crippen LogP contribution < -0.4 is 9.80 Å². The summed E-state index contributed by atoms with van der Waals surface area (Å²) < 4.78 is 14.9. The van der Waals surface area contributed by atoms with Crippen molar-refractivity contribution < 1.29 is 4.39 Å². The average Bonchev–Trinajstić information content (AvgIpc) is 3.30. The van der Waals surface area contributed by atoms with Crippen molar-refractivity contribution in [1.82, 2.24) is 9.88 Å². The highest BCUT2D eigenvalue weighted by atomic mass is 19.1. The Kier molecular flexibility index (Phi) is 5.00. The zero-order chi connectivity index (χ0) is 19.8. The van der Waals surface area contributed by atoms with Crippen molar-refractivity contribution in [2.45, 2.75) is 39.7 Å². The van der Waals surface area contributed by atoms with Gasteiger partial charge >= 0.3 is 0 Å². The summed E-state index contributed by atoms with van der Waals surface area (Å²) in [6, 6.07) is 8.21. The third-order valence-corrected chi connectivity index (χ3v) is 6.00. The molecule has 4 rings (SSSR count). The van der Waals surface area contributed by atoms with Gasteiger partial charge in [-0.2, -0.15) is 0 Å². The second kappa shape index (κ2) is 7.46. The van der Waals surface area contributed by atoms with E-state index in [-0.39, 0.29) is 5.82 Å². The third kappa shape index (κ3) is 3.46. The molecule has 2 saturated heterocycles. The van der Waals surface area contributed by atoms with E-state index in [0.29, 0.717) is 18.3 Å². The zero-order valence-corrected chi connectivity index (χ0v) is 17.1. The van der Waals surface area contributed by atoms with Crippen LogP contribution in [0.5, 0.6) is 0 Å². The van der Waals surface area contributed by atoms with Crippen LogP contribution in [0.4, 0.5) is 15.9 Å². The van der Waals surface area contributed by atoms with Gasteiger partial charge in [0.05, 0.1) is 6.67 Å². The Balaban J connectivity index is 1.49. The third-order valence-electron chi connectivity index (χ3n) is 6.00. The summed E-state index contributed by atoms with van der Waals surface area (Å²) in [4.78, 5) is 11.3. The van der Waals surface area contributed by atoms with Crippen molar-refractivity contribution in [2.75, 3.05) is 36.1 Å². The summed E-state index contributed by atoms with van der Waals surface area (Å²) in [7, 11) is 0. The maximum atomic E-state index is 14.9. The number of hydrogen-bond acceptors (Lipinski definition) is 4. The number of anilines is 2. The molecule has 0 saturated carbocycles. The molecule has 1 atom stereocenters. The van der Waals surface area contributed by atoms with E-state index >= 15 is 0 Å². The maximum absolute atomic E-state index is 14.9. The first-order valence-electron chi connectivity index (χ1n) is 10.1. The molecule has 0 radical (unpaired) electrons. The minimum absolute atomic E-state index is 0.190. The molecule has 0 bridgehead atoms. The second-order valence-electron chi connectivity index (χ2n) is 8.12. The van der Waals surface area contributed by atoms with Crippen LogP contribution in [0.2, 0.25) is 0 Å². The summed E-state index contributed by atoms with van der Waals surface area (Å²) in [5.41, 5.74) is 4.64. The van der Waals surface area contributed by atoms with E-state index in [4.69, 9.17) is 0 Å². The lowest BCUT2D eigenvalue weighted by molar-refractivity contribution is 0.491. The molecular weight excluding hydrogens is 351 g/mol. The van der Waals surface area contributed by atoms with Crippen LogP contribution in [0.3, 0.4) is 0 Å². The van der Waals surface area contributed by atoms with E-state index < -0.39 is 0 Å².